The molecule has 2 amide bonds. The van der Waals surface area contributed by atoms with Crippen LogP contribution in [0.25, 0.3) is 0 Å². The van der Waals surface area contributed by atoms with Crippen molar-refractivity contribution in [2.75, 3.05) is 17.7 Å². The molecule has 9 heteroatoms. The molecule has 0 saturated heterocycles. The number of halogens is 1. The monoisotopic (exact) mass is 496 g/mol. The minimum atomic E-state index is -1.21. The number of esters is 1. The van der Waals surface area contributed by atoms with Crippen LogP contribution >= 0.6 is 23.4 Å². The van der Waals surface area contributed by atoms with Crippen molar-refractivity contribution in [3.63, 3.8) is 0 Å². The van der Waals surface area contributed by atoms with E-state index in [1.54, 1.807) is 54.6 Å². The standard InChI is InChI=1S/C25H21ClN2O5S/c1-32-19-12-11-16(13-17(19)26)27-25(31)23(15-7-3-2-4-8-15)33-22(29)14-21-24(30)28-18-9-5-6-10-20(18)34-21/h2-13,21,23H,14H2,1H3,(H,27,31)(H,28,30). The van der Waals surface area contributed by atoms with Gasteiger partial charge in [0.25, 0.3) is 5.91 Å². The van der Waals surface area contributed by atoms with Crippen LogP contribution in [-0.4, -0.2) is 30.1 Å². The Balaban J connectivity index is 1.48. The third-order valence-corrected chi connectivity index (χ3v) is 6.64. The number of methoxy groups -OCH3 is 1. The number of para-hydroxylation sites is 1. The molecule has 174 valence electrons. The fourth-order valence-corrected chi connectivity index (χ4v) is 4.76. The second-order valence-electron chi connectivity index (χ2n) is 7.42. The van der Waals surface area contributed by atoms with Crippen molar-refractivity contribution >= 4 is 52.5 Å². The van der Waals surface area contributed by atoms with Crippen LogP contribution in [0.2, 0.25) is 5.02 Å². The summed E-state index contributed by atoms with van der Waals surface area (Å²) in [5.74, 6) is -1.03. The molecule has 34 heavy (non-hydrogen) atoms. The normalized spacial score (nSPS) is 15.5. The average molecular weight is 497 g/mol. The van der Waals surface area contributed by atoms with E-state index < -0.39 is 23.2 Å². The van der Waals surface area contributed by atoms with Crippen LogP contribution in [0, 0.1) is 0 Å². The first-order valence-electron chi connectivity index (χ1n) is 10.4. The Kier molecular flexibility index (Phi) is 7.40. The van der Waals surface area contributed by atoms with Crippen LogP contribution in [0.15, 0.2) is 77.7 Å². The summed E-state index contributed by atoms with van der Waals surface area (Å²) in [7, 11) is 1.49. The molecule has 0 aromatic heterocycles. The first kappa shape index (κ1) is 23.7. The number of benzene rings is 3. The Morgan fingerprint density at radius 1 is 1.09 bits per heavy atom. The molecular formula is C25H21ClN2O5S. The lowest BCUT2D eigenvalue weighted by molar-refractivity contribution is -0.155. The molecule has 3 aromatic rings. The van der Waals surface area contributed by atoms with Gasteiger partial charge in [-0.15, -0.1) is 11.8 Å². The second kappa shape index (κ2) is 10.6. The number of amides is 2. The molecule has 2 unspecified atom stereocenters. The minimum Gasteiger partial charge on any atom is -0.495 e. The van der Waals surface area contributed by atoms with Gasteiger partial charge < -0.3 is 20.1 Å². The van der Waals surface area contributed by atoms with Crippen molar-refractivity contribution in [2.24, 2.45) is 0 Å². The molecular weight excluding hydrogens is 476 g/mol. The van der Waals surface area contributed by atoms with Crippen LogP contribution in [-0.2, 0) is 19.1 Å². The van der Waals surface area contributed by atoms with Crippen molar-refractivity contribution in [1.82, 2.24) is 0 Å². The van der Waals surface area contributed by atoms with Gasteiger partial charge in [0.15, 0.2) is 0 Å². The summed E-state index contributed by atoms with van der Waals surface area (Å²) < 4.78 is 10.7. The molecule has 0 aliphatic carbocycles. The number of hydrogen-bond acceptors (Lipinski definition) is 6. The minimum absolute atomic E-state index is 0.185. The lowest BCUT2D eigenvalue weighted by Gasteiger charge is -2.24. The summed E-state index contributed by atoms with van der Waals surface area (Å²) in [5, 5.41) is 5.19. The zero-order chi connectivity index (χ0) is 24.1. The van der Waals surface area contributed by atoms with Crippen LogP contribution in [0.3, 0.4) is 0 Å². The first-order valence-corrected chi connectivity index (χ1v) is 11.7. The highest BCUT2D eigenvalue weighted by molar-refractivity contribution is 8.01. The molecule has 7 nitrogen and oxygen atoms in total. The van der Waals surface area contributed by atoms with Crippen molar-refractivity contribution in [3.8, 4) is 5.75 Å². The van der Waals surface area contributed by atoms with Crippen molar-refractivity contribution in [3.05, 3.63) is 83.4 Å². The Morgan fingerprint density at radius 2 is 1.82 bits per heavy atom. The fourth-order valence-electron chi connectivity index (χ4n) is 3.41. The van der Waals surface area contributed by atoms with E-state index in [1.807, 2.05) is 18.2 Å². The van der Waals surface area contributed by atoms with E-state index in [4.69, 9.17) is 21.1 Å². The molecule has 2 N–H and O–H groups in total. The molecule has 0 fully saturated rings. The largest absolute Gasteiger partial charge is 0.495 e. The molecule has 2 atom stereocenters. The maximum absolute atomic E-state index is 13.1. The Hall–Kier alpha value is -3.49. The lowest BCUT2D eigenvalue weighted by Crippen LogP contribution is -2.33. The maximum atomic E-state index is 13.1. The number of fused-ring (bicyclic) bond motifs is 1. The van der Waals surface area contributed by atoms with E-state index in [0.717, 1.165) is 4.90 Å². The van der Waals surface area contributed by atoms with Crippen LogP contribution in [0.4, 0.5) is 11.4 Å². The summed E-state index contributed by atoms with van der Waals surface area (Å²) >= 11 is 7.44. The van der Waals surface area contributed by atoms with Crippen LogP contribution in [0.1, 0.15) is 18.1 Å². The second-order valence-corrected chi connectivity index (χ2v) is 9.07. The van der Waals surface area contributed by atoms with Gasteiger partial charge in [0.1, 0.15) is 5.75 Å². The van der Waals surface area contributed by atoms with Crippen molar-refractivity contribution in [2.45, 2.75) is 22.7 Å². The van der Waals surface area contributed by atoms with Gasteiger partial charge in [-0.05, 0) is 30.3 Å². The Bertz CT molecular complexity index is 1220. The van der Waals surface area contributed by atoms with Gasteiger partial charge in [-0.1, -0.05) is 54.1 Å². The zero-order valence-electron chi connectivity index (χ0n) is 18.1. The summed E-state index contributed by atoms with van der Waals surface area (Å²) in [6.45, 7) is 0. The molecule has 0 spiro atoms. The van der Waals surface area contributed by atoms with Crippen LogP contribution < -0.4 is 15.4 Å². The summed E-state index contributed by atoms with van der Waals surface area (Å²) in [6.07, 6.45) is -1.39. The predicted octanol–water partition coefficient (Wildman–Crippen LogP) is 5.07. The summed E-state index contributed by atoms with van der Waals surface area (Å²) in [4.78, 5) is 39.2. The zero-order valence-corrected chi connectivity index (χ0v) is 19.7. The van der Waals surface area contributed by atoms with E-state index in [2.05, 4.69) is 10.6 Å². The highest BCUT2D eigenvalue weighted by Crippen LogP contribution is 2.37. The van der Waals surface area contributed by atoms with Gasteiger partial charge in [0, 0.05) is 16.1 Å². The number of rotatable bonds is 7. The van der Waals surface area contributed by atoms with E-state index in [1.165, 1.54) is 18.9 Å². The van der Waals surface area contributed by atoms with Gasteiger partial charge in [-0.25, -0.2) is 0 Å². The number of carbonyl (C=O) groups is 3. The Labute approximate surface area is 205 Å². The lowest BCUT2D eigenvalue weighted by atomic mass is 10.1. The maximum Gasteiger partial charge on any atom is 0.308 e. The van der Waals surface area contributed by atoms with E-state index in [0.29, 0.717) is 27.7 Å². The molecule has 1 aliphatic rings. The highest BCUT2D eigenvalue weighted by Gasteiger charge is 2.32. The quantitative estimate of drug-likeness (QED) is 0.443. The van der Waals surface area contributed by atoms with E-state index in [9.17, 15) is 14.4 Å². The number of anilines is 2. The molecule has 3 aromatic carbocycles. The fraction of sp³-hybridized carbons (Fsp3) is 0.160. The van der Waals surface area contributed by atoms with Gasteiger partial charge in [-0.3, -0.25) is 14.4 Å². The molecule has 1 aliphatic heterocycles. The van der Waals surface area contributed by atoms with E-state index >= 15 is 0 Å². The molecule has 1 heterocycles. The van der Waals surface area contributed by atoms with E-state index in [-0.39, 0.29) is 12.3 Å². The van der Waals surface area contributed by atoms with Crippen LogP contribution in [0.5, 0.6) is 5.75 Å². The smallest absolute Gasteiger partial charge is 0.308 e. The number of nitrogens with one attached hydrogen (secondary N) is 2. The molecule has 4 rings (SSSR count). The Morgan fingerprint density at radius 3 is 2.56 bits per heavy atom. The predicted molar refractivity (Wildman–Crippen MR) is 131 cm³/mol. The van der Waals surface area contributed by atoms with Gasteiger partial charge in [0.05, 0.1) is 29.5 Å². The number of carbonyl (C=O) groups excluding carboxylic acids is 3. The van der Waals surface area contributed by atoms with Crippen molar-refractivity contribution in [1.29, 1.82) is 0 Å². The van der Waals surface area contributed by atoms with Gasteiger partial charge >= 0.3 is 5.97 Å². The number of hydrogen-bond donors (Lipinski definition) is 2. The highest BCUT2D eigenvalue weighted by atomic mass is 35.5. The molecule has 0 radical (unpaired) electrons. The third kappa shape index (κ3) is 5.52. The molecule has 0 saturated carbocycles. The number of ether oxygens (including phenoxy) is 2. The average Bonchev–Trinajstić information content (AvgIpc) is 2.83. The van der Waals surface area contributed by atoms with Gasteiger partial charge in [-0.2, -0.15) is 0 Å². The van der Waals surface area contributed by atoms with Crippen molar-refractivity contribution < 1.29 is 23.9 Å². The summed E-state index contributed by atoms with van der Waals surface area (Å²) in [5.41, 5.74) is 1.63. The third-order valence-electron chi connectivity index (χ3n) is 5.07. The first-order chi connectivity index (χ1) is 16.4. The topological polar surface area (TPSA) is 93.7 Å². The summed E-state index contributed by atoms with van der Waals surface area (Å²) in [6, 6.07) is 20.8. The number of thioether (sulfide) groups is 1. The molecule has 0 bridgehead atoms. The van der Waals surface area contributed by atoms with Gasteiger partial charge in [0.2, 0.25) is 12.0 Å². The SMILES string of the molecule is COc1ccc(NC(=O)C(OC(=O)CC2Sc3ccccc3NC2=O)c2ccccc2)cc1Cl.